The maximum absolute atomic E-state index is 12.4. The summed E-state index contributed by atoms with van der Waals surface area (Å²) in [6, 6.07) is 4.07. The van der Waals surface area contributed by atoms with E-state index in [1.165, 1.54) is 18.2 Å². The van der Waals surface area contributed by atoms with Crippen molar-refractivity contribution in [2.45, 2.75) is 32.1 Å². The third-order valence-electron chi connectivity index (χ3n) is 4.00. The normalized spacial score (nSPS) is 19.9. The van der Waals surface area contributed by atoms with Gasteiger partial charge in [0.1, 0.15) is 0 Å². The van der Waals surface area contributed by atoms with E-state index >= 15 is 0 Å². The number of carbonyl (C=O) groups excluding carboxylic acids is 1. The van der Waals surface area contributed by atoms with Crippen molar-refractivity contribution in [2.24, 2.45) is 5.92 Å². The van der Waals surface area contributed by atoms with Crippen LogP contribution in [-0.4, -0.2) is 48.3 Å². The molecule has 1 unspecified atom stereocenters. The summed E-state index contributed by atoms with van der Waals surface area (Å²) in [6.45, 7) is 6.25. The van der Waals surface area contributed by atoms with Crippen LogP contribution in [0, 0.1) is 12.8 Å². The highest BCUT2D eigenvalue weighted by atomic mass is 32.2. The summed E-state index contributed by atoms with van der Waals surface area (Å²) in [5.74, 6) is -1.36. The van der Waals surface area contributed by atoms with Crippen LogP contribution in [0.2, 0.25) is 0 Å². The number of carbonyl (C=O) groups is 1. The third kappa shape index (κ3) is 4.43. The van der Waals surface area contributed by atoms with E-state index in [-0.39, 0.29) is 22.9 Å². The molecular formula is C16H24N2O6S2. The number of anilines is 1. The molecule has 1 saturated heterocycles. The molecule has 1 amide bonds. The summed E-state index contributed by atoms with van der Waals surface area (Å²) in [4.78, 5) is 12.2. The van der Waals surface area contributed by atoms with E-state index in [1.807, 2.05) is 6.92 Å². The fraction of sp³-hybridized carbons (Fsp3) is 0.562. The number of hydrogen-bond acceptors (Lipinski definition) is 6. The molecule has 0 radical (unpaired) electrons. The number of nitrogens with zero attached hydrogens (tertiary/aromatic N) is 1. The molecule has 0 aliphatic carbocycles. The predicted molar refractivity (Wildman–Crippen MR) is 97.9 cm³/mol. The molecule has 0 saturated carbocycles. The molecule has 1 fully saturated rings. The number of aryl methyl sites for hydroxylation is 1. The smallest absolute Gasteiger partial charge is 0.244 e. The Kier molecular flexibility index (Phi) is 6.43. The van der Waals surface area contributed by atoms with E-state index in [2.05, 4.69) is 4.72 Å². The molecular weight excluding hydrogens is 380 g/mol. The summed E-state index contributed by atoms with van der Waals surface area (Å²) >= 11 is 0. The fourth-order valence-electron chi connectivity index (χ4n) is 2.75. The van der Waals surface area contributed by atoms with Gasteiger partial charge in [-0.1, -0.05) is 6.92 Å². The van der Waals surface area contributed by atoms with Crippen molar-refractivity contribution < 1.29 is 26.4 Å². The lowest BCUT2D eigenvalue weighted by Crippen LogP contribution is -2.30. The lowest BCUT2D eigenvalue weighted by atomic mass is 10.2. The Morgan fingerprint density at radius 1 is 1.35 bits per heavy atom. The minimum atomic E-state index is -3.73. The van der Waals surface area contributed by atoms with Gasteiger partial charge in [-0.2, -0.15) is 0 Å². The molecule has 26 heavy (non-hydrogen) atoms. The highest BCUT2D eigenvalue weighted by Gasteiger charge is 2.42. The molecule has 1 aromatic rings. The maximum Gasteiger partial charge on any atom is 0.244 e. The lowest BCUT2D eigenvalue weighted by Gasteiger charge is -2.17. The Bertz CT molecular complexity index is 880. The zero-order chi connectivity index (χ0) is 19.5. The predicted octanol–water partition coefficient (Wildman–Crippen LogP) is 1.01. The van der Waals surface area contributed by atoms with Gasteiger partial charge in [-0.25, -0.2) is 25.9 Å². The van der Waals surface area contributed by atoms with E-state index in [9.17, 15) is 21.6 Å². The molecule has 1 aromatic carbocycles. The van der Waals surface area contributed by atoms with Crippen LogP contribution in [0.1, 0.15) is 25.8 Å². The van der Waals surface area contributed by atoms with Gasteiger partial charge in [0.15, 0.2) is 0 Å². The molecule has 1 heterocycles. The topological polar surface area (TPSA) is 110 Å². The summed E-state index contributed by atoms with van der Waals surface area (Å²) in [7, 11) is -7.45. The highest BCUT2D eigenvalue weighted by Crippen LogP contribution is 2.30. The Morgan fingerprint density at radius 2 is 2.04 bits per heavy atom. The minimum Gasteiger partial charge on any atom is -0.382 e. The van der Waals surface area contributed by atoms with Crippen molar-refractivity contribution in [2.75, 3.05) is 29.8 Å². The summed E-state index contributed by atoms with van der Waals surface area (Å²) < 4.78 is 57.6. The Balaban J connectivity index is 2.20. The van der Waals surface area contributed by atoms with Gasteiger partial charge in [0.2, 0.25) is 26.0 Å². The number of sulfonamides is 2. The highest BCUT2D eigenvalue weighted by molar-refractivity contribution is 7.94. The Morgan fingerprint density at radius 3 is 2.58 bits per heavy atom. The summed E-state index contributed by atoms with van der Waals surface area (Å²) in [5, 5.41) is 0. The molecule has 2 rings (SSSR count). The van der Waals surface area contributed by atoms with E-state index < -0.39 is 31.9 Å². The van der Waals surface area contributed by atoms with Crippen molar-refractivity contribution in [3.63, 3.8) is 0 Å². The number of hydrogen-bond donors (Lipinski definition) is 1. The molecule has 10 heteroatoms. The van der Waals surface area contributed by atoms with Crippen molar-refractivity contribution in [3.8, 4) is 0 Å². The molecule has 1 aliphatic heterocycles. The van der Waals surface area contributed by atoms with Crippen LogP contribution in [0.15, 0.2) is 23.1 Å². The van der Waals surface area contributed by atoms with Crippen LogP contribution in [0.4, 0.5) is 5.69 Å². The van der Waals surface area contributed by atoms with Crippen LogP contribution in [0.25, 0.3) is 0 Å². The Labute approximate surface area is 154 Å². The number of ether oxygens (including phenoxy) is 1. The first-order valence-electron chi connectivity index (χ1n) is 8.35. The van der Waals surface area contributed by atoms with Gasteiger partial charge >= 0.3 is 0 Å². The van der Waals surface area contributed by atoms with Gasteiger partial charge in [0.05, 0.1) is 22.3 Å². The van der Waals surface area contributed by atoms with E-state index in [4.69, 9.17) is 4.74 Å². The van der Waals surface area contributed by atoms with Gasteiger partial charge in [-0.05, 0) is 44.0 Å². The molecule has 8 nitrogen and oxygen atoms in total. The average molecular weight is 405 g/mol. The standard InChI is InChI=1S/C16H24N2O6S2/c1-4-24-9-5-8-17-26(22,23)15-7-6-14(10-12(15)2)18-16(19)13(3)11-25(18,20)21/h6-7,10,13,17H,4-5,8-9,11H2,1-3H3. The second-order valence-corrected chi connectivity index (χ2v) is 9.78. The molecule has 0 spiro atoms. The Hall–Kier alpha value is -1.49. The summed E-state index contributed by atoms with van der Waals surface area (Å²) in [5.41, 5.74) is 0.523. The first-order chi connectivity index (χ1) is 12.1. The largest absolute Gasteiger partial charge is 0.382 e. The van der Waals surface area contributed by atoms with Crippen LogP contribution >= 0.6 is 0 Å². The van der Waals surface area contributed by atoms with Crippen molar-refractivity contribution in [1.82, 2.24) is 4.72 Å². The maximum atomic E-state index is 12.4. The van der Waals surface area contributed by atoms with Crippen LogP contribution in [-0.2, 0) is 29.6 Å². The van der Waals surface area contributed by atoms with E-state index in [0.29, 0.717) is 25.2 Å². The van der Waals surface area contributed by atoms with Crippen LogP contribution < -0.4 is 9.03 Å². The van der Waals surface area contributed by atoms with Crippen molar-refractivity contribution in [3.05, 3.63) is 23.8 Å². The SMILES string of the molecule is CCOCCCNS(=O)(=O)c1ccc(N2C(=O)C(C)CS2(=O)=O)cc1C. The van der Waals surface area contributed by atoms with Gasteiger partial charge in [0.25, 0.3) is 0 Å². The van der Waals surface area contributed by atoms with Crippen molar-refractivity contribution >= 4 is 31.6 Å². The first kappa shape index (κ1) is 20.8. The third-order valence-corrected chi connectivity index (χ3v) is 7.49. The minimum absolute atomic E-state index is 0.0507. The van der Waals surface area contributed by atoms with Gasteiger partial charge in [-0.15, -0.1) is 0 Å². The molecule has 1 atom stereocenters. The number of nitrogens with one attached hydrogen (secondary N) is 1. The zero-order valence-electron chi connectivity index (χ0n) is 15.1. The van der Waals surface area contributed by atoms with Crippen LogP contribution in [0.3, 0.4) is 0 Å². The second-order valence-electron chi connectivity index (χ2n) is 6.18. The fourth-order valence-corrected chi connectivity index (χ4v) is 5.86. The lowest BCUT2D eigenvalue weighted by molar-refractivity contribution is -0.119. The second kappa shape index (κ2) is 8.03. The van der Waals surface area contributed by atoms with Gasteiger partial charge in [-0.3, -0.25) is 4.79 Å². The molecule has 146 valence electrons. The number of benzene rings is 1. The van der Waals surface area contributed by atoms with Crippen LogP contribution in [0.5, 0.6) is 0 Å². The zero-order valence-corrected chi connectivity index (χ0v) is 16.7. The first-order valence-corrected chi connectivity index (χ1v) is 11.4. The van der Waals surface area contributed by atoms with E-state index in [1.54, 1.807) is 13.8 Å². The van der Waals surface area contributed by atoms with Crippen molar-refractivity contribution in [1.29, 1.82) is 0 Å². The van der Waals surface area contributed by atoms with Gasteiger partial charge < -0.3 is 4.74 Å². The quantitative estimate of drug-likeness (QED) is 0.648. The number of rotatable bonds is 8. The molecule has 0 aromatic heterocycles. The monoisotopic (exact) mass is 404 g/mol. The average Bonchev–Trinajstić information content (AvgIpc) is 2.74. The van der Waals surface area contributed by atoms with Gasteiger partial charge in [0, 0.05) is 19.8 Å². The molecule has 1 N–H and O–H groups in total. The van der Waals surface area contributed by atoms with E-state index in [0.717, 1.165) is 4.31 Å². The number of amides is 1. The molecule has 1 aliphatic rings. The summed E-state index contributed by atoms with van der Waals surface area (Å²) in [6.07, 6.45) is 0.544. The molecule has 0 bridgehead atoms.